The molecule has 0 aliphatic carbocycles. The summed E-state index contributed by atoms with van der Waals surface area (Å²) in [5, 5.41) is 6.86. The Kier molecular flexibility index (Phi) is 4.31. The van der Waals surface area contributed by atoms with Gasteiger partial charge in [-0.3, -0.25) is 4.79 Å². The summed E-state index contributed by atoms with van der Waals surface area (Å²) in [4.78, 5) is 15.8. The average molecular weight is 323 g/mol. The van der Waals surface area contributed by atoms with Gasteiger partial charge in [-0.1, -0.05) is 34.1 Å². The van der Waals surface area contributed by atoms with Crippen LogP contribution in [0.15, 0.2) is 35.3 Å². The van der Waals surface area contributed by atoms with E-state index in [0.29, 0.717) is 6.54 Å². The summed E-state index contributed by atoms with van der Waals surface area (Å²) in [7, 11) is 0. The van der Waals surface area contributed by atoms with Crippen molar-refractivity contribution in [3.63, 3.8) is 0 Å². The van der Waals surface area contributed by atoms with Gasteiger partial charge in [0.1, 0.15) is 18.7 Å². The fourth-order valence-corrected chi connectivity index (χ4v) is 2.12. The highest BCUT2D eigenvalue weighted by Gasteiger charge is 2.15. The van der Waals surface area contributed by atoms with Crippen molar-refractivity contribution in [2.45, 2.75) is 26.4 Å². The first kappa shape index (κ1) is 13.7. The van der Waals surface area contributed by atoms with Crippen LogP contribution in [0.3, 0.4) is 0 Å². The lowest BCUT2D eigenvalue weighted by atomic mass is 10.1. The summed E-state index contributed by atoms with van der Waals surface area (Å²) in [5.74, 6) is -0.0843. The molecule has 5 nitrogen and oxygen atoms in total. The van der Waals surface area contributed by atoms with Gasteiger partial charge in [0.25, 0.3) is 0 Å². The van der Waals surface area contributed by atoms with Crippen molar-refractivity contribution in [3.05, 3.63) is 46.5 Å². The number of carbonyl (C=O) groups is 1. The molecule has 0 aliphatic rings. The quantitative estimate of drug-likeness (QED) is 0.939. The summed E-state index contributed by atoms with van der Waals surface area (Å²) in [6, 6.07) is 5.61. The van der Waals surface area contributed by atoms with Crippen molar-refractivity contribution in [1.29, 1.82) is 0 Å². The van der Waals surface area contributed by atoms with Gasteiger partial charge < -0.3 is 5.32 Å². The number of nitrogens with zero attached hydrogens (tertiary/aromatic N) is 3. The zero-order chi connectivity index (χ0) is 13.8. The Hall–Kier alpha value is -1.69. The van der Waals surface area contributed by atoms with Gasteiger partial charge in [-0.05, 0) is 25.0 Å². The van der Waals surface area contributed by atoms with Crippen molar-refractivity contribution in [3.8, 4) is 0 Å². The molecule has 1 aromatic heterocycles. The Morgan fingerprint density at radius 2 is 2.32 bits per heavy atom. The zero-order valence-corrected chi connectivity index (χ0v) is 12.4. The minimum absolute atomic E-state index is 0.0843. The van der Waals surface area contributed by atoms with Crippen molar-refractivity contribution in [2.75, 3.05) is 0 Å². The number of benzene rings is 1. The molecule has 0 saturated heterocycles. The molecular formula is C13H15BrN4O. The molecule has 0 aliphatic heterocycles. The second-order valence-corrected chi connectivity index (χ2v) is 5.11. The molecule has 100 valence electrons. The topological polar surface area (TPSA) is 59.8 Å². The number of rotatable bonds is 4. The van der Waals surface area contributed by atoms with Crippen LogP contribution in [0.1, 0.15) is 24.1 Å². The monoisotopic (exact) mass is 322 g/mol. The Morgan fingerprint density at radius 1 is 1.53 bits per heavy atom. The number of carbonyl (C=O) groups excluding carboxylic acids is 1. The van der Waals surface area contributed by atoms with Gasteiger partial charge in [0.2, 0.25) is 5.91 Å². The van der Waals surface area contributed by atoms with Crippen LogP contribution in [0.25, 0.3) is 0 Å². The maximum absolute atomic E-state index is 12.0. The van der Waals surface area contributed by atoms with E-state index in [1.807, 2.05) is 25.1 Å². The lowest BCUT2D eigenvalue weighted by Gasteiger charge is -2.13. The molecular weight excluding hydrogens is 308 g/mol. The number of hydrogen-bond acceptors (Lipinski definition) is 3. The molecule has 2 rings (SSSR count). The first-order valence-electron chi connectivity index (χ1n) is 5.95. The van der Waals surface area contributed by atoms with Gasteiger partial charge in [0, 0.05) is 11.0 Å². The summed E-state index contributed by atoms with van der Waals surface area (Å²) >= 11 is 3.53. The van der Waals surface area contributed by atoms with E-state index in [4.69, 9.17) is 0 Å². The molecule has 1 amide bonds. The maximum atomic E-state index is 12.0. The van der Waals surface area contributed by atoms with Crippen LogP contribution in [0.2, 0.25) is 0 Å². The normalized spacial score (nSPS) is 12.2. The first-order valence-corrected chi connectivity index (χ1v) is 6.74. The van der Waals surface area contributed by atoms with Crippen LogP contribution in [-0.2, 0) is 11.3 Å². The third-order valence-electron chi connectivity index (χ3n) is 2.94. The molecule has 1 heterocycles. The molecule has 2 aromatic rings. The zero-order valence-electron chi connectivity index (χ0n) is 10.8. The number of nitrogens with one attached hydrogen (secondary N) is 1. The van der Waals surface area contributed by atoms with E-state index in [-0.39, 0.29) is 11.9 Å². The Bertz CT molecular complexity index is 568. The average Bonchev–Trinajstić information content (AvgIpc) is 2.93. The van der Waals surface area contributed by atoms with Crippen LogP contribution in [0, 0.1) is 6.92 Å². The molecule has 0 radical (unpaired) electrons. The van der Waals surface area contributed by atoms with Gasteiger partial charge in [-0.2, -0.15) is 5.10 Å². The SMILES string of the molecule is Cc1cccc(CNC(=O)C(C)n2cncn2)c1Br. The number of amides is 1. The van der Waals surface area contributed by atoms with E-state index >= 15 is 0 Å². The highest BCUT2D eigenvalue weighted by atomic mass is 79.9. The Morgan fingerprint density at radius 3 is 3.00 bits per heavy atom. The molecule has 1 aromatic carbocycles. The van der Waals surface area contributed by atoms with Crippen LogP contribution in [0.4, 0.5) is 0 Å². The lowest BCUT2D eigenvalue weighted by molar-refractivity contribution is -0.124. The molecule has 0 spiro atoms. The summed E-state index contributed by atoms with van der Waals surface area (Å²) in [5.41, 5.74) is 2.20. The molecule has 19 heavy (non-hydrogen) atoms. The number of aryl methyl sites for hydroxylation is 1. The van der Waals surface area contributed by atoms with E-state index in [2.05, 4.69) is 31.3 Å². The third kappa shape index (κ3) is 3.20. The highest BCUT2D eigenvalue weighted by molar-refractivity contribution is 9.10. The van der Waals surface area contributed by atoms with E-state index < -0.39 is 0 Å². The largest absolute Gasteiger partial charge is 0.350 e. The van der Waals surface area contributed by atoms with E-state index in [0.717, 1.165) is 15.6 Å². The smallest absolute Gasteiger partial charge is 0.244 e. The Balaban J connectivity index is 1.99. The Labute approximate surface area is 120 Å². The van der Waals surface area contributed by atoms with Gasteiger partial charge in [0.05, 0.1) is 0 Å². The summed E-state index contributed by atoms with van der Waals surface area (Å²) < 4.78 is 2.56. The van der Waals surface area contributed by atoms with Crippen LogP contribution in [-0.4, -0.2) is 20.7 Å². The number of hydrogen-bond donors (Lipinski definition) is 1. The predicted molar refractivity (Wildman–Crippen MR) is 75.5 cm³/mol. The van der Waals surface area contributed by atoms with E-state index in [1.54, 1.807) is 6.92 Å². The molecule has 0 bridgehead atoms. The minimum atomic E-state index is -0.369. The fraction of sp³-hybridized carbons (Fsp3) is 0.308. The van der Waals surface area contributed by atoms with Crippen LogP contribution >= 0.6 is 15.9 Å². The van der Waals surface area contributed by atoms with Crippen molar-refractivity contribution in [1.82, 2.24) is 20.1 Å². The van der Waals surface area contributed by atoms with Crippen LogP contribution < -0.4 is 5.32 Å². The molecule has 0 fully saturated rings. The van der Waals surface area contributed by atoms with E-state index in [9.17, 15) is 4.79 Å². The van der Waals surface area contributed by atoms with Gasteiger partial charge in [0.15, 0.2) is 0 Å². The number of aromatic nitrogens is 3. The van der Waals surface area contributed by atoms with Crippen molar-refractivity contribution < 1.29 is 4.79 Å². The summed E-state index contributed by atoms with van der Waals surface area (Å²) in [6.07, 6.45) is 2.95. The molecule has 0 saturated carbocycles. The highest BCUT2D eigenvalue weighted by Crippen LogP contribution is 2.20. The molecule has 6 heteroatoms. The number of halogens is 1. The second kappa shape index (κ2) is 5.97. The van der Waals surface area contributed by atoms with Crippen molar-refractivity contribution >= 4 is 21.8 Å². The van der Waals surface area contributed by atoms with Gasteiger partial charge in [-0.25, -0.2) is 9.67 Å². The standard InChI is InChI=1S/C13H15BrN4O/c1-9-4-3-5-11(12(9)14)6-16-13(19)10(2)18-8-15-7-17-18/h3-5,7-8,10H,6H2,1-2H3,(H,16,19). The summed E-state index contributed by atoms with van der Waals surface area (Å²) in [6.45, 7) is 4.29. The third-order valence-corrected chi connectivity index (χ3v) is 4.07. The van der Waals surface area contributed by atoms with E-state index in [1.165, 1.54) is 17.3 Å². The molecule has 1 unspecified atom stereocenters. The van der Waals surface area contributed by atoms with Gasteiger partial charge in [-0.15, -0.1) is 0 Å². The fourth-order valence-electron chi connectivity index (χ4n) is 1.71. The predicted octanol–water partition coefficient (Wildman–Crippen LogP) is 2.23. The molecule has 1 atom stereocenters. The first-order chi connectivity index (χ1) is 9.09. The van der Waals surface area contributed by atoms with Crippen molar-refractivity contribution in [2.24, 2.45) is 0 Å². The maximum Gasteiger partial charge on any atom is 0.244 e. The van der Waals surface area contributed by atoms with Crippen LogP contribution in [0.5, 0.6) is 0 Å². The van der Waals surface area contributed by atoms with Gasteiger partial charge >= 0.3 is 0 Å². The lowest BCUT2D eigenvalue weighted by Crippen LogP contribution is -2.31. The molecule has 1 N–H and O–H groups in total. The minimum Gasteiger partial charge on any atom is -0.350 e. The second-order valence-electron chi connectivity index (χ2n) is 4.32.